The summed E-state index contributed by atoms with van der Waals surface area (Å²) in [6.45, 7) is 5.80. The highest BCUT2D eigenvalue weighted by Crippen LogP contribution is 2.41. The first-order valence-corrected chi connectivity index (χ1v) is 8.09. The molecular weight excluding hydrogens is 258 g/mol. The SMILES string of the molecule is CC1(C2CC2)CN(c2ccc3ncccc3c2)CCCN1. The second-order valence-electron chi connectivity index (χ2n) is 6.77. The lowest BCUT2D eigenvalue weighted by Gasteiger charge is -2.35. The van der Waals surface area contributed by atoms with Crippen molar-refractivity contribution in [2.24, 2.45) is 5.92 Å². The maximum Gasteiger partial charge on any atom is 0.0703 e. The van der Waals surface area contributed by atoms with Crippen molar-refractivity contribution in [3.63, 3.8) is 0 Å². The number of anilines is 1. The van der Waals surface area contributed by atoms with Crippen molar-refractivity contribution in [3.05, 3.63) is 36.5 Å². The monoisotopic (exact) mass is 281 g/mol. The van der Waals surface area contributed by atoms with E-state index in [0.717, 1.165) is 31.1 Å². The largest absolute Gasteiger partial charge is 0.370 e. The number of fused-ring (bicyclic) bond motifs is 1. The van der Waals surface area contributed by atoms with Gasteiger partial charge in [-0.25, -0.2) is 0 Å². The van der Waals surface area contributed by atoms with Crippen molar-refractivity contribution in [1.29, 1.82) is 0 Å². The van der Waals surface area contributed by atoms with Crippen LogP contribution in [-0.2, 0) is 0 Å². The first-order chi connectivity index (χ1) is 10.2. The highest BCUT2D eigenvalue weighted by atomic mass is 15.2. The van der Waals surface area contributed by atoms with Gasteiger partial charge in [-0.1, -0.05) is 6.07 Å². The smallest absolute Gasteiger partial charge is 0.0703 e. The van der Waals surface area contributed by atoms with Crippen LogP contribution in [0.3, 0.4) is 0 Å². The van der Waals surface area contributed by atoms with Crippen LogP contribution < -0.4 is 10.2 Å². The Hall–Kier alpha value is -1.61. The van der Waals surface area contributed by atoms with Crippen LogP contribution >= 0.6 is 0 Å². The Morgan fingerprint density at radius 2 is 2.19 bits per heavy atom. The zero-order valence-corrected chi connectivity index (χ0v) is 12.7. The van der Waals surface area contributed by atoms with Crippen LogP contribution in [0.25, 0.3) is 10.9 Å². The minimum Gasteiger partial charge on any atom is -0.370 e. The summed E-state index contributed by atoms with van der Waals surface area (Å²) in [6.07, 6.45) is 5.85. The van der Waals surface area contributed by atoms with Crippen molar-refractivity contribution in [1.82, 2.24) is 10.3 Å². The van der Waals surface area contributed by atoms with E-state index in [1.54, 1.807) is 0 Å². The predicted molar refractivity (Wildman–Crippen MR) is 87.7 cm³/mol. The first-order valence-electron chi connectivity index (χ1n) is 8.09. The third kappa shape index (κ3) is 2.51. The number of aromatic nitrogens is 1. The average molecular weight is 281 g/mol. The molecular formula is C18H23N3. The van der Waals surface area contributed by atoms with E-state index in [9.17, 15) is 0 Å². The fourth-order valence-corrected chi connectivity index (χ4v) is 3.65. The van der Waals surface area contributed by atoms with Crippen LogP contribution in [0.5, 0.6) is 0 Å². The molecule has 2 aliphatic rings. The van der Waals surface area contributed by atoms with Gasteiger partial charge >= 0.3 is 0 Å². The van der Waals surface area contributed by atoms with Crippen molar-refractivity contribution < 1.29 is 0 Å². The molecule has 3 nitrogen and oxygen atoms in total. The van der Waals surface area contributed by atoms with E-state index in [1.165, 1.54) is 30.3 Å². The van der Waals surface area contributed by atoms with E-state index >= 15 is 0 Å². The molecule has 3 heteroatoms. The Labute approximate surface area is 126 Å². The number of pyridine rings is 1. The standard InChI is InChI=1S/C18H23N3/c1-18(15-5-6-15)13-21(11-3-10-20-18)16-7-8-17-14(12-16)4-2-9-19-17/h2,4,7-9,12,15,20H,3,5-6,10-11,13H2,1H3. The summed E-state index contributed by atoms with van der Waals surface area (Å²) in [5.41, 5.74) is 2.70. The molecule has 0 amide bonds. The molecule has 1 saturated heterocycles. The van der Waals surface area contributed by atoms with E-state index in [0.29, 0.717) is 0 Å². The topological polar surface area (TPSA) is 28.2 Å². The third-order valence-corrected chi connectivity index (χ3v) is 5.08. The van der Waals surface area contributed by atoms with Crippen molar-refractivity contribution >= 4 is 16.6 Å². The summed E-state index contributed by atoms with van der Waals surface area (Å²) in [5, 5.41) is 5.04. The summed E-state index contributed by atoms with van der Waals surface area (Å²) in [6, 6.07) is 10.8. The van der Waals surface area contributed by atoms with Gasteiger partial charge in [0.25, 0.3) is 0 Å². The molecule has 1 unspecified atom stereocenters. The summed E-state index contributed by atoms with van der Waals surface area (Å²) in [7, 11) is 0. The molecule has 2 heterocycles. The third-order valence-electron chi connectivity index (χ3n) is 5.08. The molecule has 2 aromatic rings. The van der Waals surface area contributed by atoms with Gasteiger partial charge < -0.3 is 10.2 Å². The molecule has 2 fully saturated rings. The van der Waals surface area contributed by atoms with E-state index in [2.05, 4.69) is 46.4 Å². The van der Waals surface area contributed by atoms with Crippen LogP contribution in [0.15, 0.2) is 36.5 Å². The normalized spacial score (nSPS) is 26.8. The predicted octanol–water partition coefficient (Wildman–Crippen LogP) is 3.20. The maximum atomic E-state index is 4.42. The molecule has 1 aliphatic carbocycles. The van der Waals surface area contributed by atoms with Gasteiger partial charge in [-0.3, -0.25) is 4.98 Å². The van der Waals surface area contributed by atoms with Crippen LogP contribution in [0.2, 0.25) is 0 Å². The van der Waals surface area contributed by atoms with Gasteiger partial charge in [0.05, 0.1) is 5.52 Å². The molecule has 21 heavy (non-hydrogen) atoms. The van der Waals surface area contributed by atoms with Gasteiger partial charge in [-0.15, -0.1) is 0 Å². The molecule has 110 valence electrons. The molecule has 0 bridgehead atoms. The van der Waals surface area contributed by atoms with Crippen LogP contribution in [0, 0.1) is 5.92 Å². The van der Waals surface area contributed by atoms with Crippen LogP contribution in [0.4, 0.5) is 5.69 Å². The highest BCUT2D eigenvalue weighted by molar-refractivity contribution is 5.82. The van der Waals surface area contributed by atoms with E-state index in [1.807, 2.05) is 12.3 Å². The van der Waals surface area contributed by atoms with Gasteiger partial charge in [0.1, 0.15) is 0 Å². The van der Waals surface area contributed by atoms with Gasteiger partial charge in [-0.05, 0) is 62.9 Å². The summed E-state index contributed by atoms with van der Waals surface area (Å²) < 4.78 is 0. The Morgan fingerprint density at radius 3 is 3.05 bits per heavy atom. The number of rotatable bonds is 2. The molecule has 1 atom stereocenters. The Morgan fingerprint density at radius 1 is 1.29 bits per heavy atom. The second kappa shape index (κ2) is 4.99. The molecule has 1 aromatic carbocycles. The molecule has 1 N–H and O–H groups in total. The van der Waals surface area contributed by atoms with Gasteiger partial charge in [0, 0.05) is 35.9 Å². The Bertz CT molecular complexity index is 650. The quantitative estimate of drug-likeness (QED) is 0.916. The summed E-state index contributed by atoms with van der Waals surface area (Å²) in [5.74, 6) is 0.861. The highest BCUT2D eigenvalue weighted by Gasteiger charge is 2.43. The zero-order valence-electron chi connectivity index (χ0n) is 12.7. The van der Waals surface area contributed by atoms with E-state index < -0.39 is 0 Å². The number of benzene rings is 1. The van der Waals surface area contributed by atoms with Gasteiger partial charge in [-0.2, -0.15) is 0 Å². The molecule has 1 saturated carbocycles. The number of nitrogens with one attached hydrogen (secondary N) is 1. The lowest BCUT2D eigenvalue weighted by Crippen LogP contribution is -2.51. The van der Waals surface area contributed by atoms with Crippen molar-refractivity contribution in [2.75, 3.05) is 24.5 Å². The molecule has 1 aliphatic heterocycles. The molecule has 0 radical (unpaired) electrons. The van der Waals surface area contributed by atoms with Crippen LogP contribution in [-0.4, -0.2) is 30.2 Å². The van der Waals surface area contributed by atoms with Crippen LogP contribution in [0.1, 0.15) is 26.2 Å². The maximum absolute atomic E-state index is 4.42. The lowest BCUT2D eigenvalue weighted by atomic mass is 9.95. The zero-order chi connectivity index (χ0) is 14.3. The van der Waals surface area contributed by atoms with Crippen molar-refractivity contribution in [3.8, 4) is 0 Å². The van der Waals surface area contributed by atoms with Gasteiger partial charge in [0.15, 0.2) is 0 Å². The number of hydrogen-bond donors (Lipinski definition) is 1. The lowest BCUT2D eigenvalue weighted by molar-refractivity contribution is 0.331. The number of nitrogens with zero attached hydrogens (tertiary/aromatic N) is 2. The fourth-order valence-electron chi connectivity index (χ4n) is 3.65. The second-order valence-corrected chi connectivity index (χ2v) is 6.77. The van der Waals surface area contributed by atoms with E-state index in [4.69, 9.17) is 0 Å². The molecule has 0 spiro atoms. The summed E-state index contributed by atoms with van der Waals surface area (Å²) >= 11 is 0. The molecule has 1 aromatic heterocycles. The van der Waals surface area contributed by atoms with Crippen molar-refractivity contribution in [2.45, 2.75) is 31.7 Å². The minimum absolute atomic E-state index is 0.278. The molecule has 4 rings (SSSR count). The fraction of sp³-hybridized carbons (Fsp3) is 0.500. The van der Waals surface area contributed by atoms with Gasteiger partial charge in [0.2, 0.25) is 0 Å². The first kappa shape index (κ1) is 13.1. The van der Waals surface area contributed by atoms with E-state index in [-0.39, 0.29) is 5.54 Å². The minimum atomic E-state index is 0.278. The summed E-state index contributed by atoms with van der Waals surface area (Å²) in [4.78, 5) is 6.98. The average Bonchev–Trinajstić information content (AvgIpc) is 3.34. The Kier molecular flexibility index (Phi) is 3.11. The Balaban J connectivity index is 1.66. The number of hydrogen-bond acceptors (Lipinski definition) is 3.